The van der Waals surface area contributed by atoms with Crippen LogP contribution in [0.25, 0.3) is 0 Å². The van der Waals surface area contributed by atoms with Crippen molar-refractivity contribution < 1.29 is 9.53 Å². The van der Waals surface area contributed by atoms with E-state index in [4.69, 9.17) is 4.74 Å². The van der Waals surface area contributed by atoms with Crippen molar-refractivity contribution in [1.29, 1.82) is 0 Å². The SMILES string of the molecule is CC12CCCCCC(=O)C1(C)O2. The van der Waals surface area contributed by atoms with Crippen LogP contribution in [0.5, 0.6) is 0 Å². The summed E-state index contributed by atoms with van der Waals surface area (Å²) in [7, 11) is 0. The minimum Gasteiger partial charge on any atom is -0.355 e. The van der Waals surface area contributed by atoms with Gasteiger partial charge in [-0.3, -0.25) is 4.79 Å². The molecule has 0 bridgehead atoms. The maximum absolute atomic E-state index is 11.6. The molecule has 0 aromatic rings. The highest BCUT2D eigenvalue weighted by molar-refractivity contribution is 5.91. The summed E-state index contributed by atoms with van der Waals surface area (Å²) in [6, 6.07) is 0. The third kappa shape index (κ3) is 0.939. The Kier molecular flexibility index (Phi) is 1.59. The first-order chi connectivity index (χ1) is 5.58. The molecular weight excluding hydrogens is 152 g/mol. The lowest BCUT2D eigenvalue weighted by Gasteiger charge is -2.14. The van der Waals surface area contributed by atoms with Crippen LogP contribution >= 0.6 is 0 Å². The molecule has 2 rings (SSSR count). The minimum atomic E-state index is -0.423. The van der Waals surface area contributed by atoms with Crippen LogP contribution in [0, 0.1) is 0 Å². The molecule has 2 nitrogen and oxygen atoms in total. The zero-order valence-electron chi connectivity index (χ0n) is 7.85. The van der Waals surface area contributed by atoms with Gasteiger partial charge >= 0.3 is 0 Å². The maximum Gasteiger partial charge on any atom is 0.167 e. The van der Waals surface area contributed by atoms with Crippen LogP contribution in [0.3, 0.4) is 0 Å². The predicted octanol–water partition coefficient (Wildman–Crippen LogP) is 2.07. The average Bonchev–Trinajstić information content (AvgIpc) is 2.53. The maximum atomic E-state index is 11.6. The third-order valence-electron chi connectivity index (χ3n) is 3.49. The fraction of sp³-hybridized carbons (Fsp3) is 0.900. The van der Waals surface area contributed by atoms with Crippen molar-refractivity contribution in [3.63, 3.8) is 0 Å². The molecule has 0 radical (unpaired) electrons. The molecule has 0 aromatic heterocycles. The molecule has 2 heteroatoms. The number of hydrogen-bond acceptors (Lipinski definition) is 2. The second-order valence-corrected chi connectivity index (χ2v) is 4.35. The van der Waals surface area contributed by atoms with Crippen LogP contribution in [-0.2, 0) is 9.53 Å². The highest BCUT2D eigenvalue weighted by Gasteiger charge is 2.67. The Balaban J connectivity index is 2.16. The second-order valence-electron chi connectivity index (χ2n) is 4.35. The lowest BCUT2D eigenvalue weighted by molar-refractivity contribution is -0.123. The van der Waals surface area contributed by atoms with Gasteiger partial charge in [0.25, 0.3) is 0 Å². The van der Waals surface area contributed by atoms with Crippen molar-refractivity contribution in [2.45, 2.75) is 57.2 Å². The van der Waals surface area contributed by atoms with E-state index in [1.165, 1.54) is 12.8 Å². The van der Waals surface area contributed by atoms with Crippen molar-refractivity contribution >= 4 is 5.78 Å². The number of carbonyl (C=O) groups is 1. The zero-order chi connectivity index (χ0) is 8.82. The summed E-state index contributed by atoms with van der Waals surface area (Å²) in [5, 5.41) is 0. The summed E-state index contributed by atoms with van der Waals surface area (Å²) in [6.45, 7) is 4.01. The Hall–Kier alpha value is -0.370. The van der Waals surface area contributed by atoms with E-state index in [-0.39, 0.29) is 5.60 Å². The van der Waals surface area contributed by atoms with Crippen molar-refractivity contribution in [2.24, 2.45) is 0 Å². The molecule has 2 atom stereocenters. The first-order valence-corrected chi connectivity index (χ1v) is 4.82. The van der Waals surface area contributed by atoms with Gasteiger partial charge in [0.2, 0.25) is 0 Å². The van der Waals surface area contributed by atoms with Gasteiger partial charge in [-0.05, 0) is 26.7 Å². The van der Waals surface area contributed by atoms with E-state index >= 15 is 0 Å². The molecule has 2 fully saturated rings. The van der Waals surface area contributed by atoms with E-state index < -0.39 is 5.60 Å². The number of epoxide rings is 1. The molecule has 1 heterocycles. The monoisotopic (exact) mass is 168 g/mol. The van der Waals surface area contributed by atoms with Gasteiger partial charge in [-0.25, -0.2) is 0 Å². The van der Waals surface area contributed by atoms with E-state index in [2.05, 4.69) is 6.92 Å². The van der Waals surface area contributed by atoms with Crippen molar-refractivity contribution in [2.75, 3.05) is 0 Å². The lowest BCUT2D eigenvalue weighted by atomic mass is 9.83. The number of hydrogen-bond donors (Lipinski definition) is 0. The average molecular weight is 168 g/mol. The number of rotatable bonds is 0. The van der Waals surface area contributed by atoms with Gasteiger partial charge < -0.3 is 4.74 Å². The fourth-order valence-corrected chi connectivity index (χ4v) is 2.23. The topological polar surface area (TPSA) is 29.6 Å². The number of carbonyl (C=O) groups excluding carboxylic acids is 1. The first kappa shape index (κ1) is 8.24. The molecule has 0 spiro atoms. The van der Waals surface area contributed by atoms with Gasteiger partial charge in [0.1, 0.15) is 5.60 Å². The Morgan fingerprint density at radius 1 is 1.25 bits per heavy atom. The quantitative estimate of drug-likeness (QED) is 0.518. The van der Waals surface area contributed by atoms with Gasteiger partial charge in [-0.1, -0.05) is 12.8 Å². The summed E-state index contributed by atoms with van der Waals surface area (Å²) in [4.78, 5) is 11.6. The van der Waals surface area contributed by atoms with Crippen LogP contribution in [0.15, 0.2) is 0 Å². The molecule has 1 aliphatic carbocycles. The molecule has 2 unspecified atom stereocenters. The normalized spacial score (nSPS) is 47.7. The van der Waals surface area contributed by atoms with E-state index in [9.17, 15) is 4.79 Å². The number of ketones is 1. The van der Waals surface area contributed by atoms with Gasteiger partial charge in [-0.15, -0.1) is 0 Å². The summed E-state index contributed by atoms with van der Waals surface area (Å²) in [5.41, 5.74) is -0.544. The Morgan fingerprint density at radius 2 is 2.00 bits per heavy atom. The largest absolute Gasteiger partial charge is 0.355 e. The van der Waals surface area contributed by atoms with Gasteiger partial charge in [-0.2, -0.15) is 0 Å². The third-order valence-corrected chi connectivity index (χ3v) is 3.49. The molecular formula is C10H16O2. The van der Waals surface area contributed by atoms with E-state index in [0.717, 1.165) is 12.8 Å². The smallest absolute Gasteiger partial charge is 0.167 e. The lowest BCUT2D eigenvalue weighted by Crippen LogP contribution is -2.30. The highest BCUT2D eigenvalue weighted by atomic mass is 16.6. The van der Waals surface area contributed by atoms with Gasteiger partial charge in [0.05, 0.1) is 0 Å². The fourth-order valence-electron chi connectivity index (χ4n) is 2.23. The van der Waals surface area contributed by atoms with Crippen LogP contribution in [0.4, 0.5) is 0 Å². The van der Waals surface area contributed by atoms with Gasteiger partial charge in [0, 0.05) is 6.42 Å². The molecule has 0 aromatic carbocycles. The Labute approximate surface area is 73.3 Å². The summed E-state index contributed by atoms with van der Waals surface area (Å²) >= 11 is 0. The first-order valence-electron chi connectivity index (χ1n) is 4.82. The number of Topliss-reactive ketones (excluding diaryl/α,β-unsaturated/α-hetero) is 1. The molecule has 1 aliphatic heterocycles. The van der Waals surface area contributed by atoms with Crippen LogP contribution in [0.1, 0.15) is 46.0 Å². The molecule has 12 heavy (non-hydrogen) atoms. The molecule has 68 valence electrons. The van der Waals surface area contributed by atoms with E-state index in [1.807, 2.05) is 6.92 Å². The number of ether oxygens (including phenoxy) is 1. The van der Waals surface area contributed by atoms with Crippen LogP contribution in [0.2, 0.25) is 0 Å². The number of fused-ring (bicyclic) bond motifs is 1. The van der Waals surface area contributed by atoms with E-state index in [0.29, 0.717) is 12.2 Å². The van der Waals surface area contributed by atoms with Crippen molar-refractivity contribution in [3.05, 3.63) is 0 Å². The zero-order valence-corrected chi connectivity index (χ0v) is 7.85. The molecule has 0 amide bonds. The van der Waals surface area contributed by atoms with E-state index in [1.54, 1.807) is 0 Å². The highest BCUT2D eigenvalue weighted by Crippen LogP contribution is 2.53. The summed E-state index contributed by atoms with van der Waals surface area (Å²) < 4.78 is 5.58. The van der Waals surface area contributed by atoms with Crippen molar-refractivity contribution in [3.8, 4) is 0 Å². The predicted molar refractivity (Wildman–Crippen MR) is 46.0 cm³/mol. The summed E-state index contributed by atoms with van der Waals surface area (Å²) in [6.07, 6.45) is 5.20. The molecule has 1 saturated carbocycles. The van der Waals surface area contributed by atoms with Crippen LogP contribution < -0.4 is 0 Å². The van der Waals surface area contributed by atoms with Gasteiger partial charge in [0.15, 0.2) is 11.4 Å². The molecule has 2 aliphatic rings. The summed E-state index contributed by atoms with van der Waals surface area (Å²) in [5.74, 6) is 0.310. The standard InChI is InChI=1S/C10H16O2/c1-9-7-5-3-4-6-8(11)10(9,2)12-9/h3-7H2,1-2H3. The minimum absolute atomic E-state index is 0.121. The molecule has 1 saturated heterocycles. The van der Waals surface area contributed by atoms with Crippen LogP contribution in [-0.4, -0.2) is 17.0 Å². The molecule has 0 N–H and O–H groups in total. The van der Waals surface area contributed by atoms with Crippen molar-refractivity contribution in [1.82, 2.24) is 0 Å². The second kappa shape index (κ2) is 2.32. The Morgan fingerprint density at radius 3 is 2.75 bits per heavy atom. The Bertz CT molecular complexity index is 224.